The zero-order chi connectivity index (χ0) is 19.4. The van der Waals surface area contributed by atoms with Crippen LogP contribution in [0.5, 0.6) is 5.75 Å². The van der Waals surface area contributed by atoms with Gasteiger partial charge in [0.25, 0.3) is 5.91 Å². The van der Waals surface area contributed by atoms with Crippen molar-refractivity contribution in [3.63, 3.8) is 0 Å². The van der Waals surface area contributed by atoms with Crippen molar-refractivity contribution in [1.82, 2.24) is 9.88 Å². The zero-order valence-electron chi connectivity index (χ0n) is 15.9. The number of nitrogens with zero attached hydrogens (tertiary/aromatic N) is 2. The van der Waals surface area contributed by atoms with E-state index in [4.69, 9.17) is 15.9 Å². The van der Waals surface area contributed by atoms with Gasteiger partial charge in [-0.3, -0.25) is 9.78 Å². The summed E-state index contributed by atoms with van der Waals surface area (Å²) in [4.78, 5) is 18.9. The number of carbonyl (C=O) groups is 1. The molecule has 3 rings (SSSR count). The standard InChI is InChI=1S/C21H26N4O2/c1-14(22)20-18(23)8-3-9-19(20)27-13-16-6-5-11-25(12-16)21(26)17-7-4-10-24-15(17)2/h3-4,7-10,16,22H,5-6,11-13,23H2,1-2H3. The minimum absolute atomic E-state index is 0.0327. The van der Waals surface area contributed by atoms with Crippen molar-refractivity contribution >= 4 is 17.3 Å². The Morgan fingerprint density at radius 2 is 2.19 bits per heavy atom. The van der Waals surface area contributed by atoms with E-state index >= 15 is 0 Å². The first-order valence-corrected chi connectivity index (χ1v) is 9.25. The number of nitrogens with one attached hydrogen (secondary N) is 1. The van der Waals surface area contributed by atoms with Crippen molar-refractivity contribution in [2.24, 2.45) is 5.92 Å². The summed E-state index contributed by atoms with van der Waals surface area (Å²) in [7, 11) is 0. The fourth-order valence-electron chi connectivity index (χ4n) is 3.54. The van der Waals surface area contributed by atoms with Crippen LogP contribution in [0.25, 0.3) is 0 Å². The number of carbonyl (C=O) groups excluding carboxylic acids is 1. The molecule has 1 saturated heterocycles. The van der Waals surface area contributed by atoms with Gasteiger partial charge in [-0.1, -0.05) is 6.07 Å². The average Bonchev–Trinajstić information content (AvgIpc) is 2.66. The van der Waals surface area contributed by atoms with Crippen molar-refractivity contribution in [3.8, 4) is 5.75 Å². The molecule has 0 spiro atoms. The molecule has 0 saturated carbocycles. The minimum Gasteiger partial charge on any atom is -0.492 e. The highest BCUT2D eigenvalue weighted by Gasteiger charge is 2.26. The molecule has 27 heavy (non-hydrogen) atoms. The van der Waals surface area contributed by atoms with Crippen molar-refractivity contribution < 1.29 is 9.53 Å². The minimum atomic E-state index is 0.0327. The fraction of sp³-hybridized carbons (Fsp3) is 0.381. The first kappa shape index (κ1) is 18.9. The SMILES string of the molecule is CC(=N)c1c(N)cccc1OCC1CCCN(C(=O)c2cccnc2C)C1. The van der Waals surface area contributed by atoms with E-state index in [0.717, 1.165) is 25.1 Å². The number of nitrogens with two attached hydrogens (primary N) is 1. The lowest BCUT2D eigenvalue weighted by atomic mass is 9.98. The van der Waals surface area contributed by atoms with E-state index in [9.17, 15) is 4.79 Å². The molecule has 142 valence electrons. The maximum absolute atomic E-state index is 12.8. The van der Waals surface area contributed by atoms with Crippen molar-refractivity contribution in [3.05, 3.63) is 53.3 Å². The molecular weight excluding hydrogens is 340 g/mol. The Morgan fingerprint density at radius 3 is 2.93 bits per heavy atom. The van der Waals surface area contributed by atoms with Crippen LogP contribution in [0.4, 0.5) is 5.69 Å². The van der Waals surface area contributed by atoms with Gasteiger partial charge in [0.05, 0.1) is 17.7 Å². The zero-order valence-corrected chi connectivity index (χ0v) is 15.9. The van der Waals surface area contributed by atoms with Crippen LogP contribution >= 0.6 is 0 Å². The second-order valence-corrected chi connectivity index (χ2v) is 7.05. The molecule has 3 N–H and O–H groups in total. The van der Waals surface area contributed by atoms with E-state index in [2.05, 4.69) is 4.98 Å². The number of pyridine rings is 1. The summed E-state index contributed by atoms with van der Waals surface area (Å²) in [6, 6.07) is 9.08. The van der Waals surface area contributed by atoms with Gasteiger partial charge in [0.1, 0.15) is 5.75 Å². The number of aryl methyl sites for hydroxylation is 1. The maximum atomic E-state index is 12.8. The molecular formula is C21H26N4O2. The number of anilines is 1. The predicted molar refractivity (Wildman–Crippen MR) is 106 cm³/mol. The third-order valence-corrected chi connectivity index (χ3v) is 4.95. The van der Waals surface area contributed by atoms with Crippen LogP contribution in [0, 0.1) is 18.3 Å². The Kier molecular flexibility index (Phi) is 5.74. The molecule has 0 aliphatic carbocycles. The van der Waals surface area contributed by atoms with Gasteiger partial charge >= 0.3 is 0 Å². The molecule has 1 fully saturated rings. The quantitative estimate of drug-likeness (QED) is 0.627. The molecule has 0 radical (unpaired) electrons. The van der Waals surface area contributed by atoms with Crippen LogP contribution in [0.15, 0.2) is 36.5 Å². The highest BCUT2D eigenvalue weighted by Crippen LogP contribution is 2.27. The number of hydrogen-bond donors (Lipinski definition) is 2. The van der Waals surface area contributed by atoms with Crippen molar-refractivity contribution in [2.75, 3.05) is 25.4 Å². The molecule has 1 aromatic heterocycles. The lowest BCUT2D eigenvalue weighted by Gasteiger charge is -2.33. The Bertz CT molecular complexity index is 850. The number of piperidine rings is 1. The molecule has 1 aromatic carbocycles. The van der Waals surface area contributed by atoms with Gasteiger partial charge in [0, 0.05) is 42.3 Å². The largest absolute Gasteiger partial charge is 0.492 e. The number of nitrogen functional groups attached to an aromatic ring is 1. The van der Waals surface area contributed by atoms with Gasteiger partial charge in [-0.05, 0) is 51.0 Å². The second kappa shape index (κ2) is 8.20. The summed E-state index contributed by atoms with van der Waals surface area (Å²) in [5.41, 5.74) is 8.99. The van der Waals surface area contributed by atoms with Gasteiger partial charge in [-0.15, -0.1) is 0 Å². The van der Waals surface area contributed by atoms with Gasteiger partial charge in [0.15, 0.2) is 0 Å². The molecule has 2 aromatic rings. The Morgan fingerprint density at radius 1 is 1.37 bits per heavy atom. The van der Waals surface area contributed by atoms with Gasteiger partial charge < -0.3 is 20.8 Å². The maximum Gasteiger partial charge on any atom is 0.255 e. The molecule has 1 aliphatic heterocycles. The molecule has 1 aliphatic rings. The fourth-order valence-corrected chi connectivity index (χ4v) is 3.54. The number of benzene rings is 1. The molecule has 1 unspecified atom stereocenters. The summed E-state index contributed by atoms with van der Waals surface area (Å²) in [5, 5.41) is 7.92. The van der Waals surface area contributed by atoms with Crippen molar-refractivity contribution in [1.29, 1.82) is 5.41 Å². The number of likely N-dealkylation sites (tertiary alicyclic amines) is 1. The van der Waals surface area contributed by atoms with Crippen LogP contribution in [-0.4, -0.2) is 41.2 Å². The third kappa shape index (κ3) is 4.27. The topological polar surface area (TPSA) is 92.3 Å². The third-order valence-electron chi connectivity index (χ3n) is 4.95. The first-order chi connectivity index (χ1) is 13.0. The highest BCUT2D eigenvalue weighted by atomic mass is 16.5. The van der Waals surface area contributed by atoms with Crippen LogP contribution in [0.3, 0.4) is 0 Å². The summed E-state index contributed by atoms with van der Waals surface area (Å²) < 4.78 is 6.01. The number of amides is 1. The molecule has 0 bridgehead atoms. The number of rotatable bonds is 5. The molecule has 2 heterocycles. The van der Waals surface area contributed by atoms with Crippen molar-refractivity contribution in [2.45, 2.75) is 26.7 Å². The van der Waals surface area contributed by atoms with Gasteiger partial charge in [-0.25, -0.2) is 0 Å². The van der Waals surface area contributed by atoms with E-state index in [1.165, 1.54) is 0 Å². The Labute approximate surface area is 159 Å². The second-order valence-electron chi connectivity index (χ2n) is 7.05. The molecule has 6 heteroatoms. The first-order valence-electron chi connectivity index (χ1n) is 9.25. The van der Waals surface area contributed by atoms with Gasteiger partial charge in [0.2, 0.25) is 0 Å². The monoisotopic (exact) mass is 366 g/mol. The summed E-state index contributed by atoms with van der Waals surface area (Å²) in [5.74, 6) is 0.916. The molecule has 6 nitrogen and oxygen atoms in total. The van der Waals surface area contributed by atoms with E-state index in [1.807, 2.05) is 30.0 Å². The summed E-state index contributed by atoms with van der Waals surface area (Å²) in [6.07, 6.45) is 3.66. The molecule has 1 atom stereocenters. The Balaban J connectivity index is 1.66. The number of hydrogen-bond acceptors (Lipinski definition) is 5. The number of ether oxygens (including phenoxy) is 1. The summed E-state index contributed by atoms with van der Waals surface area (Å²) >= 11 is 0. The lowest BCUT2D eigenvalue weighted by Crippen LogP contribution is -2.41. The van der Waals surface area contributed by atoms with E-state index in [-0.39, 0.29) is 11.8 Å². The normalized spacial score (nSPS) is 16.8. The van der Waals surface area contributed by atoms with E-state index in [1.54, 1.807) is 25.3 Å². The van der Waals surface area contributed by atoms with Crippen LogP contribution < -0.4 is 10.5 Å². The average molecular weight is 366 g/mol. The molecule has 1 amide bonds. The van der Waals surface area contributed by atoms with Gasteiger partial charge in [-0.2, -0.15) is 0 Å². The van der Waals surface area contributed by atoms with E-state index in [0.29, 0.717) is 41.4 Å². The number of aromatic nitrogens is 1. The highest BCUT2D eigenvalue weighted by molar-refractivity contribution is 6.03. The summed E-state index contributed by atoms with van der Waals surface area (Å²) in [6.45, 7) is 5.48. The van der Waals surface area contributed by atoms with E-state index < -0.39 is 0 Å². The predicted octanol–water partition coefficient (Wildman–Crippen LogP) is 3.29. The van der Waals surface area contributed by atoms with Crippen LogP contribution in [-0.2, 0) is 0 Å². The lowest BCUT2D eigenvalue weighted by molar-refractivity contribution is 0.0632. The van der Waals surface area contributed by atoms with Crippen LogP contribution in [0.1, 0.15) is 41.4 Å². The Hall–Kier alpha value is -2.89. The smallest absolute Gasteiger partial charge is 0.255 e. The van der Waals surface area contributed by atoms with Crippen LogP contribution in [0.2, 0.25) is 0 Å².